The molecule has 134 valence electrons. The maximum atomic E-state index is 12.1. The minimum absolute atomic E-state index is 0.0513. The number of benzene rings is 1. The Bertz CT molecular complexity index is 847. The molecule has 1 amide bonds. The maximum Gasteiger partial charge on any atom is 0.240 e. The van der Waals surface area contributed by atoms with Crippen LogP contribution in [0, 0.1) is 0 Å². The summed E-state index contributed by atoms with van der Waals surface area (Å²) in [4.78, 5) is 16.3. The lowest BCUT2D eigenvalue weighted by Crippen LogP contribution is -2.28. The molecule has 0 saturated heterocycles. The van der Waals surface area contributed by atoms with E-state index in [0.717, 1.165) is 5.56 Å². The number of carbonyl (C=O) groups is 1. The van der Waals surface area contributed by atoms with Crippen molar-refractivity contribution in [3.05, 3.63) is 60.1 Å². The average Bonchev–Trinajstić information content (AvgIpc) is 3.33. The summed E-state index contributed by atoms with van der Waals surface area (Å²) in [6.07, 6.45) is 3.09. The molecule has 0 radical (unpaired) electrons. The van der Waals surface area contributed by atoms with Gasteiger partial charge in [0, 0.05) is 0 Å². The fraction of sp³-hybridized carbons (Fsp3) is 0.176. The summed E-state index contributed by atoms with van der Waals surface area (Å²) in [7, 11) is 0. The molecule has 8 nitrogen and oxygen atoms in total. The third-order valence-electron chi connectivity index (χ3n) is 3.38. The molecule has 2 heterocycles. The smallest absolute Gasteiger partial charge is 0.240 e. The van der Waals surface area contributed by atoms with Crippen LogP contribution < -0.4 is 10.7 Å². The van der Waals surface area contributed by atoms with E-state index in [1.807, 2.05) is 37.3 Å². The third kappa shape index (κ3) is 5.21. The van der Waals surface area contributed by atoms with E-state index in [9.17, 15) is 4.79 Å². The van der Waals surface area contributed by atoms with E-state index in [1.54, 1.807) is 18.4 Å². The number of anilines is 1. The van der Waals surface area contributed by atoms with Gasteiger partial charge in [0.25, 0.3) is 0 Å². The zero-order valence-corrected chi connectivity index (χ0v) is 14.9. The van der Waals surface area contributed by atoms with Crippen LogP contribution in [0.15, 0.2) is 63.4 Å². The van der Waals surface area contributed by atoms with Gasteiger partial charge in [-0.3, -0.25) is 4.79 Å². The highest BCUT2D eigenvalue weighted by Crippen LogP contribution is 2.15. The molecule has 0 aliphatic rings. The number of aromatic nitrogens is 3. The number of carbonyl (C=O) groups excluding carboxylic acids is 1. The van der Waals surface area contributed by atoms with E-state index in [-0.39, 0.29) is 17.7 Å². The molecule has 3 N–H and O–H groups in total. The number of hydrogen-bond donors (Lipinski definition) is 3. The summed E-state index contributed by atoms with van der Waals surface area (Å²) < 4.78 is 5.12. The largest absolute Gasteiger partial charge is 0.463 e. The fourth-order valence-electron chi connectivity index (χ4n) is 2.12. The van der Waals surface area contributed by atoms with Crippen molar-refractivity contribution in [3.63, 3.8) is 0 Å². The van der Waals surface area contributed by atoms with Crippen LogP contribution >= 0.6 is 11.8 Å². The molecule has 0 spiro atoms. The third-order valence-corrected chi connectivity index (χ3v) is 4.23. The zero-order chi connectivity index (χ0) is 18.2. The first-order chi connectivity index (χ1) is 12.7. The highest BCUT2D eigenvalue weighted by molar-refractivity contribution is 7.99. The van der Waals surface area contributed by atoms with Crippen molar-refractivity contribution < 1.29 is 9.21 Å². The van der Waals surface area contributed by atoms with Crippen molar-refractivity contribution in [2.45, 2.75) is 18.1 Å². The number of nitrogens with one attached hydrogen (secondary N) is 3. The lowest BCUT2D eigenvalue weighted by atomic mass is 10.1. The van der Waals surface area contributed by atoms with Gasteiger partial charge < -0.3 is 9.73 Å². The van der Waals surface area contributed by atoms with Crippen LogP contribution in [0.25, 0.3) is 0 Å². The van der Waals surface area contributed by atoms with Gasteiger partial charge in [0.1, 0.15) is 5.76 Å². The number of amides is 1. The summed E-state index contributed by atoms with van der Waals surface area (Å²) in [5.41, 5.74) is 3.77. The minimum Gasteiger partial charge on any atom is -0.463 e. The molecular formula is C17H18N6O2S. The van der Waals surface area contributed by atoms with Crippen molar-refractivity contribution >= 4 is 29.8 Å². The van der Waals surface area contributed by atoms with Crippen LogP contribution in [0.3, 0.4) is 0 Å². The number of hydrazone groups is 1. The van der Waals surface area contributed by atoms with Crippen molar-refractivity contribution in [2.24, 2.45) is 5.10 Å². The summed E-state index contributed by atoms with van der Waals surface area (Å²) in [5, 5.41) is 14.1. The number of rotatable bonds is 8. The first kappa shape index (κ1) is 17.7. The van der Waals surface area contributed by atoms with Gasteiger partial charge in [-0.1, -0.05) is 42.1 Å². The summed E-state index contributed by atoms with van der Waals surface area (Å²) in [6, 6.07) is 13.3. The SMILES string of the molecule is C[C@@H](NC(=O)CSc1n[nH]c(N/N=C\c2ccco2)n1)c1ccccc1. The molecule has 1 atom stereocenters. The zero-order valence-electron chi connectivity index (χ0n) is 14.0. The molecule has 0 unspecified atom stereocenters. The van der Waals surface area contributed by atoms with Gasteiger partial charge in [-0.15, -0.1) is 5.10 Å². The second-order valence-corrected chi connectivity index (χ2v) is 6.28. The Labute approximate surface area is 154 Å². The Hall–Kier alpha value is -3.07. The molecule has 3 rings (SSSR count). The quantitative estimate of drug-likeness (QED) is 0.320. The summed E-state index contributed by atoms with van der Waals surface area (Å²) in [5.74, 6) is 1.15. The van der Waals surface area contributed by atoms with Gasteiger partial charge in [-0.25, -0.2) is 10.5 Å². The van der Waals surface area contributed by atoms with Gasteiger partial charge in [-0.2, -0.15) is 10.1 Å². The van der Waals surface area contributed by atoms with Crippen LogP contribution in [0.4, 0.5) is 5.95 Å². The Morgan fingerprint density at radius 3 is 2.96 bits per heavy atom. The number of H-pyrrole nitrogens is 1. The molecule has 0 fully saturated rings. The molecule has 9 heteroatoms. The van der Waals surface area contributed by atoms with Crippen LogP contribution in [-0.4, -0.2) is 33.1 Å². The standard InChI is InChI=1S/C17H18N6O2S/c1-12(13-6-3-2-4-7-13)19-15(24)11-26-17-20-16(22-23-17)21-18-10-14-8-5-9-25-14/h2-10,12H,11H2,1H3,(H,19,24)(H2,20,21,22,23)/b18-10-/t12-/m1/s1. The maximum absolute atomic E-state index is 12.1. The fourth-order valence-corrected chi connectivity index (χ4v) is 2.73. The second-order valence-electron chi connectivity index (χ2n) is 5.34. The lowest BCUT2D eigenvalue weighted by Gasteiger charge is -2.13. The van der Waals surface area contributed by atoms with Gasteiger partial charge in [0.05, 0.1) is 24.3 Å². The molecule has 1 aromatic carbocycles. The molecule has 3 aromatic rings. The average molecular weight is 370 g/mol. The molecule has 0 bridgehead atoms. The molecule has 0 aliphatic heterocycles. The van der Waals surface area contributed by atoms with Gasteiger partial charge >= 0.3 is 0 Å². The number of furan rings is 1. The van der Waals surface area contributed by atoms with Gasteiger partial charge in [-0.05, 0) is 24.6 Å². The minimum atomic E-state index is -0.0819. The Balaban J connectivity index is 1.43. The Morgan fingerprint density at radius 1 is 1.35 bits per heavy atom. The van der Waals surface area contributed by atoms with Crippen molar-refractivity contribution in [3.8, 4) is 0 Å². The topological polar surface area (TPSA) is 108 Å². The number of thioether (sulfide) groups is 1. The number of aromatic amines is 1. The van der Waals surface area contributed by atoms with Crippen molar-refractivity contribution in [2.75, 3.05) is 11.2 Å². The first-order valence-electron chi connectivity index (χ1n) is 7.93. The van der Waals surface area contributed by atoms with Crippen LogP contribution in [-0.2, 0) is 4.79 Å². The van der Waals surface area contributed by atoms with Crippen LogP contribution in [0.1, 0.15) is 24.3 Å². The van der Waals surface area contributed by atoms with E-state index >= 15 is 0 Å². The van der Waals surface area contributed by atoms with E-state index < -0.39 is 0 Å². The van der Waals surface area contributed by atoms with Crippen LogP contribution in [0.5, 0.6) is 0 Å². The number of nitrogens with zero attached hydrogens (tertiary/aromatic N) is 3. The van der Waals surface area contributed by atoms with Crippen molar-refractivity contribution in [1.82, 2.24) is 20.5 Å². The molecule has 0 saturated carbocycles. The van der Waals surface area contributed by atoms with E-state index in [4.69, 9.17) is 4.42 Å². The monoisotopic (exact) mass is 370 g/mol. The lowest BCUT2D eigenvalue weighted by molar-refractivity contribution is -0.119. The first-order valence-corrected chi connectivity index (χ1v) is 8.91. The van der Waals surface area contributed by atoms with E-state index in [2.05, 4.69) is 31.0 Å². The van der Waals surface area contributed by atoms with Gasteiger partial charge in [0.15, 0.2) is 0 Å². The van der Waals surface area contributed by atoms with Gasteiger partial charge in [0.2, 0.25) is 17.0 Å². The molecule has 2 aromatic heterocycles. The summed E-state index contributed by atoms with van der Waals surface area (Å²) >= 11 is 1.24. The Morgan fingerprint density at radius 2 is 2.19 bits per heavy atom. The van der Waals surface area contributed by atoms with E-state index in [0.29, 0.717) is 16.9 Å². The molecule has 0 aliphatic carbocycles. The number of hydrogen-bond acceptors (Lipinski definition) is 7. The Kier molecular flexibility index (Phi) is 6.05. The van der Waals surface area contributed by atoms with Crippen molar-refractivity contribution in [1.29, 1.82) is 0 Å². The normalized spacial score (nSPS) is 12.2. The second kappa shape index (κ2) is 8.86. The highest BCUT2D eigenvalue weighted by Gasteiger charge is 2.11. The summed E-state index contributed by atoms with van der Waals surface area (Å²) in [6.45, 7) is 1.95. The van der Waals surface area contributed by atoms with Crippen LogP contribution in [0.2, 0.25) is 0 Å². The van der Waals surface area contributed by atoms with E-state index in [1.165, 1.54) is 18.0 Å². The predicted octanol–water partition coefficient (Wildman–Crippen LogP) is 2.81. The predicted molar refractivity (Wildman–Crippen MR) is 100 cm³/mol. The molecular weight excluding hydrogens is 352 g/mol. The molecule has 26 heavy (non-hydrogen) atoms. The highest BCUT2D eigenvalue weighted by atomic mass is 32.2.